The summed E-state index contributed by atoms with van der Waals surface area (Å²) in [5, 5.41) is 5.46. The zero-order valence-electron chi connectivity index (χ0n) is 10.6. The van der Waals surface area contributed by atoms with E-state index < -0.39 is 0 Å². The average molecular weight is 259 g/mol. The molecule has 0 aromatic heterocycles. The highest BCUT2D eigenvalue weighted by atomic mass is 16.2. The first kappa shape index (κ1) is 12.2. The molecule has 0 saturated heterocycles. The number of amides is 2. The molecule has 1 saturated carbocycles. The summed E-state index contributed by atoms with van der Waals surface area (Å²) in [5.41, 5.74) is 7.92. The SMILES string of the molecule is NCC(=O)NCC(=O)NC1C2Cc3ccccc3C21. The summed E-state index contributed by atoms with van der Waals surface area (Å²) < 4.78 is 0. The average Bonchev–Trinajstić information content (AvgIpc) is 2.94. The standard InChI is InChI=1S/C14H17N3O2/c15-6-11(18)16-7-12(19)17-14-10-5-8-3-1-2-4-9(8)13(10)14/h1-4,10,13-14H,5-7,15H2,(H,16,18)(H,17,19). The van der Waals surface area contributed by atoms with Crippen LogP contribution in [-0.4, -0.2) is 30.9 Å². The first-order chi connectivity index (χ1) is 9.20. The van der Waals surface area contributed by atoms with E-state index in [1.807, 2.05) is 6.07 Å². The Kier molecular flexibility index (Phi) is 2.98. The second-order valence-electron chi connectivity index (χ2n) is 5.17. The van der Waals surface area contributed by atoms with Gasteiger partial charge in [-0.1, -0.05) is 24.3 Å². The van der Waals surface area contributed by atoms with Crippen LogP contribution in [0.15, 0.2) is 24.3 Å². The fourth-order valence-electron chi connectivity index (χ4n) is 3.04. The Labute approximate surface area is 111 Å². The topological polar surface area (TPSA) is 84.2 Å². The maximum Gasteiger partial charge on any atom is 0.239 e. The predicted octanol–water partition coefficient (Wildman–Crippen LogP) is -0.484. The number of hydrogen-bond donors (Lipinski definition) is 3. The summed E-state index contributed by atoms with van der Waals surface area (Å²) in [6, 6.07) is 8.63. The van der Waals surface area contributed by atoms with Crippen LogP contribution in [0.1, 0.15) is 17.0 Å². The van der Waals surface area contributed by atoms with Gasteiger partial charge < -0.3 is 16.4 Å². The predicted molar refractivity (Wildman–Crippen MR) is 70.4 cm³/mol. The summed E-state index contributed by atoms with van der Waals surface area (Å²) in [7, 11) is 0. The van der Waals surface area contributed by atoms with Gasteiger partial charge in [-0.05, 0) is 23.5 Å². The van der Waals surface area contributed by atoms with E-state index in [2.05, 4.69) is 28.8 Å². The molecule has 1 fully saturated rings. The lowest BCUT2D eigenvalue weighted by Crippen LogP contribution is -2.41. The molecule has 0 bridgehead atoms. The van der Waals surface area contributed by atoms with Crippen molar-refractivity contribution in [1.82, 2.24) is 10.6 Å². The lowest BCUT2D eigenvalue weighted by atomic mass is 10.1. The highest BCUT2D eigenvalue weighted by Gasteiger charge is 2.56. The maximum atomic E-state index is 11.7. The van der Waals surface area contributed by atoms with Crippen LogP contribution in [-0.2, 0) is 16.0 Å². The minimum absolute atomic E-state index is 0.00756. The molecule has 3 rings (SSSR count). The molecule has 2 amide bonds. The third-order valence-electron chi connectivity index (χ3n) is 4.00. The minimum Gasteiger partial charge on any atom is -0.351 e. The minimum atomic E-state index is -0.309. The Balaban J connectivity index is 1.52. The fraction of sp³-hybridized carbons (Fsp3) is 0.429. The molecule has 1 aromatic rings. The Morgan fingerprint density at radius 2 is 2.05 bits per heavy atom. The first-order valence-corrected chi connectivity index (χ1v) is 6.54. The molecule has 5 nitrogen and oxygen atoms in total. The number of rotatable bonds is 4. The van der Waals surface area contributed by atoms with Gasteiger partial charge in [0.2, 0.25) is 11.8 Å². The van der Waals surface area contributed by atoms with Gasteiger partial charge in [-0.25, -0.2) is 0 Å². The van der Waals surface area contributed by atoms with Crippen LogP contribution < -0.4 is 16.4 Å². The van der Waals surface area contributed by atoms with Crippen LogP contribution in [0.4, 0.5) is 0 Å². The van der Waals surface area contributed by atoms with Crippen molar-refractivity contribution in [3.05, 3.63) is 35.4 Å². The van der Waals surface area contributed by atoms with Crippen molar-refractivity contribution in [1.29, 1.82) is 0 Å². The summed E-state index contributed by atoms with van der Waals surface area (Å²) in [6.45, 7) is -0.0804. The monoisotopic (exact) mass is 259 g/mol. The van der Waals surface area contributed by atoms with Crippen molar-refractivity contribution in [3.63, 3.8) is 0 Å². The van der Waals surface area contributed by atoms with Gasteiger partial charge in [-0.2, -0.15) is 0 Å². The number of benzene rings is 1. The molecule has 19 heavy (non-hydrogen) atoms. The summed E-state index contributed by atoms with van der Waals surface area (Å²) in [6.07, 6.45) is 1.04. The largest absolute Gasteiger partial charge is 0.351 e. The summed E-state index contributed by atoms with van der Waals surface area (Å²) in [4.78, 5) is 22.7. The van der Waals surface area contributed by atoms with Crippen LogP contribution in [0.2, 0.25) is 0 Å². The second-order valence-corrected chi connectivity index (χ2v) is 5.17. The van der Waals surface area contributed by atoms with Crippen molar-refractivity contribution < 1.29 is 9.59 Å². The van der Waals surface area contributed by atoms with Gasteiger partial charge in [0.05, 0.1) is 13.1 Å². The molecule has 0 spiro atoms. The van der Waals surface area contributed by atoms with Crippen LogP contribution in [0.3, 0.4) is 0 Å². The third kappa shape index (κ3) is 2.21. The van der Waals surface area contributed by atoms with Gasteiger partial charge in [-0.3, -0.25) is 9.59 Å². The van der Waals surface area contributed by atoms with Crippen molar-refractivity contribution in [2.75, 3.05) is 13.1 Å². The van der Waals surface area contributed by atoms with E-state index in [4.69, 9.17) is 5.73 Å². The van der Waals surface area contributed by atoms with Gasteiger partial charge in [-0.15, -0.1) is 0 Å². The van der Waals surface area contributed by atoms with Gasteiger partial charge in [0.25, 0.3) is 0 Å². The molecule has 100 valence electrons. The molecule has 0 aliphatic heterocycles. The van der Waals surface area contributed by atoms with E-state index in [1.165, 1.54) is 11.1 Å². The molecule has 3 unspecified atom stereocenters. The normalized spacial score (nSPS) is 26.3. The molecular formula is C14H17N3O2. The summed E-state index contributed by atoms with van der Waals surface area (Å²) in [5.74, 6) is 0.548. The van der Waals surface area contributed by atoms with E-state index in [1.54, 1.807) is 0 Å². The molecule has 5 heteroatoms. The first-order valence-electron chi connectivity index (χ1n) is 6.54. The van der Waals surface area contributed by atoms with E-state index in [0.717, 1.165) is 6.42 Å². The molecule has 0 radical (unpaired) electrons. The van der Waals surface area contributed by atoms with Crippen LogP contribution >= 0.6 is 0 Å². The Morgan fingerprint density at radius 3 is 2.84 bits per heavy atom. The molecule has 2 aliphatic rings. The molecular weight excluding hydrogens is 242 g/mol. The maximum absolute atomic E-state index is 11.7. The van der Waals surface area contributed by atoms with Gasteiger partial charge >= 0.3 is 0 Å². The third-order valence-corrected chi connectivity index (χ3v) is 4.00. The Morgan fingerprint density at radius 1 is 1.26 bits per heavy atom. The van der Waals surface area contributed by atoms with Crippen LogP contribution in [0, 0.1) is 5.92 Å². The van der Waals surface area contributed by atoms with Crippen LogP contribution in [0.25, 0.3) is 0 Å². The van der Waals surface area contributed by atoms with Gasteiger partial charge in [0.15, 0.2) is 0 Å². The number of carbonyl (C=O) groups is 2. The lowest BCUT2D eigenvalue weighted by molar-refractivity contribution is -0.125. The summed E-state index contributed by atoms with van der Waals surface area (Å²) >= 11 is 0. The molecule has 0 heterocycles. The van der Waals surface area contributed by atoms with Crippen molar-refractivity contribution in [2.45, 2.75) is 18.4 Å². The fourth-order valence-corrected chi connectivity index (χ4v) is 3.04. The number of nitrogens with two attached hydrogens (primary N) is 1. The van der Waals surface area contributed by atoms with Crippen molar-refractivity contribution in [2.24, 2.45) is 11.7 Å². The highest BCUT2D eigenvalue weighted by Crippen LogP contribution is 2.56. The quantitative estimate of drug-likeness (QED) is 0.682. The Hall–Kier alpha value is -1.88. The number of nitrogens with one attached hydrogen (secondary N) is 2. The Bertz CT molecular complexity index is 529. The molecule has 3 atom stereocenters. The zero-order chi connectivity index (χ0) is 13.4. The molecule has 4 N–H and O–H groups in total. The van der Waals surface area contributed by atoms with Crippen molar-refractivity contribution >= 4 is 11.8 Å². The van der Waals surface area contributed by atoms with Crippen molar-refractivity contribution in [3.8, 4) is 0 Å². The molecule has 2 aliphatic carbocycles. The second kappa shape index (κ2) is 4.66. The van der Waals surface area contributed by atoms with Gasteiger partial charge in [0, 0.05) is 12.0 Å². The zero-order valence-corrected chi connectivity index (χ0v) is 10.6. The number of carbonyl (C=O) groups excluding carboxylic acids is 2. The van der Waals surface area contributed by atoms with E-state index in [0.29, 0.717) is 11.8 Å². The van der Waals surface area contributed by atoms with E-state index >= 15 is 0 Å². The number of hydrogen-bond acceptors (Lipinski definition) is 3. The van der Waals surface area contributed by atoms with Gasteiger partial charge in [0.1, 0.15) is 0 Å². The molecule has 1 aromatic carbocycles. The van der Waals surface area contributed by atoms with Crippen LogP contribution in [0.5, 0.6) is 0 Å². The highest BCUT2D eigenvalue weighted by molar-refractivity contribution is 5.85. The van der Waals surface area contributed by atoms with E-state index in [9.17, 15) is 9.59 Å². The smallest absolute Gasteiger partial charge is 0.239 e. The van der Waals surface area contributed by atoms with E-state index in [-0.39, 0.29) is 30.9 Å². The number of fused-ring (bicyclic) bond motifs is 3. The lowest BCUT2D eigenvalue weighted by Gasteiger charge is -2.10.